The van der Waals surface area contributed by atoms with Gasteiger partial charge in [-0.1, -0.05) is 37.6 Å². The van der Waals surface area contributed by atoms with Crippen LogP contribution >= 0.6 is 11.6 Å². The minimum absolute atomic E-state index is 0.0355. The number of amides is 3. The molecule has 5 nitrogen and oxygen atoms in total. The fraction of sp³-hybridized carbons (Fsp3) is 0.467. The summed E-state index contributed by atoms with van der Waals surface area (Å²) in [5.74, 6) is -0.345. The fourth-order valence-electron chi connectivity index (χ4n) is 2.24. The van der Waals surface area contributed by atoms with E-state index in [2.05, 4.69) is 5.32 Å². The Hall–Kier alpha value is -1.59. The van der Waals surface area contributed by atoms with Gasteiger partial charge in [0.2, 0.25) is 0 Å². The Labute approximate surface area is 128 Å². The highest BCUT2D eigenvalue weighted by Gasteiger charge is 2.49. The molecule has 3 amide bonds. The lowest BCUT2D eigenvalue weighted by atomic mass is 9.88. The summed E-state index contributed by atoms with van der Waals surface area (Å²) in [5, 5.41) is 13.5. The average Bonchev–Trinajstić information content (AvgIpc) is 2.64. The molecule has 2 unspecified atom stereocenters. The summed E-state index contributed by atoms with van der Waals surface area (Å²) in [6.07, 6.45) is -0.938. The maximum absolute atomic E-state index is 12.4. The largest absolute Gasteiger partial charge is 0.387 e. The van der Waals surface area contributed by atoms with Crippen molar-refractivity contribution in [3.05, 3.63) is 34.9 Å². The number of hydrogen-bond acceptors (Lipinski definition) is 3. The number of hydrogen-bond donors (Lipinski definition) is 2. The maximum Gasteiger partial charge on any atom is 0.325 e. The molecule has 0 radical (unpaired) electrons. The lowest BCUT2D eigenvalue weighted by molar-refractivity contribution is -0.133. The smallest absolute Gasteiger partial charge is 0.325 e. The van der Waals surface area contributed by atoms with Crippen LogP contribution in [0.25, 0.3) is 0 Å². The first kappa shape index (κ1) is 15.8. The monoisotopic (exact) mass is 310 g/mol. The van der Waals surface area contributed by atoms with Crippen LogP contribution in [0.15, 0.2) is 24.3 Å². The van der Waals surface area contributed by atoms with Gasteiger partial charge in [0.15, 0.2) is 0 Å². The zero-order chi connectivity index (χ0) is 15.8. The van der Waals surface area contributed by atoms with E-state index in [9.17, 15) is 14.7 Å². The molecule has 0 bridgehead atoms. The lowest BCUT2D eigenvalue weighted by Crippen LogP contribution is -2.48. The van der Waals surface area contributed by atoms with Crippen LogP contribution in [0.1, 0.15) is 32.4 Å². The van der Waals surface area contributed by atoms with Crippen molar-refractivity contribution in [2.45, 2.75) is 32.4 Å². The van der Waals surface area contributed by atoms with Crippen molar-refractivity contribution in [2.24, 2.45) is 5.92 Å². The molecular formula is C15H19ClN2O3. The molecular weight excluding hydrogens is 292 g/mol. The van der Waals surface area contributed by atoms with Gasteiger partial charge >= 0.3 is 6.03 Å². The molecule has 0 aromatic heterocycles. The first-order valence-electron chi connectivity index (χ1n) is 6.83. The van der Waals surface area contributed by atoms with E-state index in [1.807, 2.05) is 13.8 Å². The summed E-state index contributed by atoms with van der Waals surface area (Å²) in [4.78, 5) is 25.5. The summed E-state index contributed by atoms with van der Waals surface area (Å²) < 4.78 is 0. The Morgan fingerprint density at radius 1 is 1.29 bits per heavy atom. The highest BCUT2D eigenvalue weighted by atomic mass is 35.5. The van der Waals surface area contributed by atoms with Crippen LogP contribution < -0.4 is 5.32 Å². The second-order valence-electron chi connectivity index (χ2n) is 5.77. The molecule has 1 fully saturated rings. The van der Waals surface area contributed by atoms with E-state index >= 15 is 0 Å². The summed E-state index contributed by atoms with van der Waals surface area (Å²) in [5.41, 5.74) is -0.310. The normalized spacial score (nSPS) is 23.6. The number of aliphatic hydroxyl groups excluding tert-OH is 1. The Morgan fingerprint density at radius 2 is 1.86 bits per heavy atom. The molecule has 0 spiro atoms. The van der Waals surface area contributed by atoms with Gasteiger partial charge in [-0.05, 0) is 30.5 Å². The first-order valence-corrected chi connectivity index (χ1v) is 7.21. The number of urea groups is 1. The molecule has 1 aliphatic heterocycles. The summed E-state index contributed by atoms with van der Waals surface area (Å²) >= 11 is 5.79. The number of imide groups is 1. The quantitative estimate of drug-likeness (QED) is 0.839. The molecule has 1 heterocycles. The first-order chi connectivity index (χ1) is 9.75. The van der Waals surface area contributed by atoms with Gasteiger partial charge in [0.1, 0.15) is 5.54 Å². The molecule has 21 heavy (non-hydrogen) atoms. The molecule has 0 aliphatic carbocycles. The van der Waals surface area contributed by atoms with Crippen LogP contribution in [0.4, 0.5) is 4.79 Å². The van der Waals surface area contributed by atoms with Gasteiger partial charge in [-0.2, -0.15) is 0 Å². The number of carbonyl (C=O) groups is 2. The minimum atomic E-state index is -0.938. The molecule has 1 aromatic rings. The Morgan fingerprint density at radius 3 is 2.33 bits per heavy atom. The predicted molar refractivity (Wildman–Crippen MR) is 79.9 cm³/mol. The van der Waals surface area contributed by atoms with Crippen molar-refractivity contribution in [1.29, 1.82) is 0 Å². The van der Waals surface area contributed by atoms with Gasteiger partial charge < -0.3 is 10.4 Å². The highest BCUT2D eigenvalue weighted by molar-refractivity contribution is 6.30. The van der Waals surface area contributed by atoms with Gasteiger partial charge in [0.05, 0.1) is 12.6 Å². The van der Waals surface area contributed by atoms with Crippen molar-refractivity contribution >= 4 is 23.5 Å². The molecule has 0 saturated carbocycles. The molecule has 2 N–H and O–H groups in total. The number of aliphatic hydroxyl groups is 1. The van der Waals surface area contributed by atoms with E-state index < -0.39 is 17.7 Å². The molecule has 2 atom stereocenters. The molecule has 2 rings (SSSR count). The van der Waals surface area contributed by atoms with Gasteiger partial charge in [-0.3, -0.25) is 9.69 Å². The van der Waals surface area contributed by atoms with Gasteiger partial charge in [-0.25, -0.2) is 4.79 Å². The van der Waals surface area contributed by atoms with Crippen LogP contribution in [-0.2, 0) is 4.79 Å². The van der Waals surface area contributed by atoms with Crippen molar-refractivity contribution in [1.82, 2.24) is 10.2 Å². The molecule has 1 aromatic carbocycles. The average molecular weight is 311 g/mol. The molecule has 114 valence electrons. The van der Waals surface area contributed by atoms with E-state index in [0.717, 1.165) is 4.90 Å². The predicted octanol–water partition coefficient (Wildman–Crippen LogP) is 2.34. The zero-order valence-corrected chi connectivity index (χ0v) is 13.0. The van der Waals surface area contributed by atoms with Crippen LogP contribution in [0.3, 0.4) is 0 Å². The van der Waals surface area contributed by atoms with Gasteiger partial charge in [0, 0.05) is 5.02 Å². The maximum atomic E-state index is 12.4. The van der Waals surface area contributed by atoms with Gasteiger partial charge in [-0.15, -0.1) is 0 Å². The van der Waals surface area contributed by atoms with Crippen molar-refractivity contribution in [3.63, 3.8) is 0 Å². The van der Waals surface area contributed by atoms with Crippen molar-refractivity contribution in [3.8, 4) is 0 Å². The van der Waals surface area contributed by atoms with Gasteiger partial charge in [0.25, 0.3) is 5.91 Å². The fourth-order valence-corrected chi connectivity index (χ4v) is 2.36. The van der Waals surface area contributed by atoms with E-state index in [1.54, 1.807) is 31.2 Å². The highest BCUT2D eigenvalue weighted by Crippen LogP contribution is 2.27. The Bertz CT molecular complexity index is 559. The third kappa shape index (κ3) is 2.89. The minimum Gasteiger partial charge on any atom is -0.387 e. The van der Waals surface area contributed by atoms with Crippen LogP contribution in [0.2, 0.25) is 5.02 Å². The number of β-amino-alcohol motifs (C(OH)–C–C–N with tert-alkyl or cyclic N) is 1. The van der Waals surface area contributed by atoms with Crippen LogP contribution in [0, 0.1) is 5.92 Å². The zero-order valence-electron chi connectivity index (χ0n) is 12.3. The summed E-state index contributed by atoms with van der Waals surface area (Å²) in [7, 11) is 0. The van der Waals surface area contributed by atoms with Crippen molar-refractivity contribution < 1.29 is 14.7 Å². The standard InChI is InChI=1S/C15H19ClN2O3/c1-9(2)15(3)13(20)18(14(21)17-15)8-12(19)10-4-6-11(16)7-5-10/h4-7,9,12,19H,8H2,1-3H3,(H,17,21). The summed E-state index contributed by atoms with van der Waals surface area (Å²) in [6, 6.07) is 6.19. The SMILES string of the molecule is CC(C)C1(C)NC(=O)N(CC(O)c2ccc(Cl)cc2)C1=O. The number of halogens is 1. The second kappa shape index (κ2) is 5.66. The molecule has 1 aliphatic rings. The number of nitrogens with one attached hydrogen (secondary N) is 1. The molecule has 6 heteroatoms. The number of rotatable bonds is 4. The van der Waals surface area contributed by atoms with E-state index in [4.69, 9.17) is 11.6 Å². The topological polar surface area (TPSA) is 69.6 Å². The third-order valence-corrected chi connectivity index (χ3v) is 4.32. The lowest BCUT2D eigenvalue weighted by Gasteiger charge is -2.26. The molecule has 1 saturated heterocycles. The number of benzene rings is 1. The Balaban J connectivity index is 2.14. The summed E-state index contributed by atoms with van der Waals surface area (Å²) in [6.45, 7) is 5.37. The van der Waals surface area contributed by atoms with E-state index in [-0.39, 0.29) is 18.4 Å². The Kier molecular flexibility index (Phi) is 4.25. The van der Waals surface area contributed by atoms with E-state index in [1.165, 1.54) is 0 Å². The van der Waals surface area contributed by atoms with E-state index in [0.29, 0.717) is 10.6 Å². The third-order valence-electron chi connectivity index (χ3n) is 4.07. The second-order valence-corrected chi connectivity index (χ2v) is 6.21. The van der Waals surface area contributed by atoms with Crippen LogP contribution in [-0.4, -0.2) is 34.0 Å². The number of nitrogens with zero attached hydrogens (tertiary/aromatic N) is 1. The van der Waals surface area contributed by atoms with Crippen molar-refractivity contribution in [2.75, 3.05) is 6.54 Å². The number of carbonyl (C=O) groups excluding carboxylic acids is 2. The van der Waals surface area contributed by atoms with Crippen LogP contribution in [0.5, 0.6) is 0 Å².